The molecule has 0 aliphatic rings. The normalized spacial score (nSPS) is 18.8. The second-order valence-corrected chi connectivity index (χ2v) is 9.59. The molecule has 6 unspecified atom stereocenters. The summed E-state index contributed by atoms with van der Waals surface area (Å²) in [6.07, 6.45) is 3.96. The summed E-state index contributed by atoms with van der Waals surface area (Å²) >= 11 is 0. The van der Waals surface area contributed by atoms with Gasteiger partial charge < -0.3 is 4.74 Å². The van der Waals surface area contributed by atoms with Gasteiger partial charge in [-0.15, -0.1) is 0 Å². The predicted molar refractivity (Wildman–Crippen MR) is 119 cm³/mol. The monoisotopic (exact) mass is 422 g/mol. The van der Waals surface area contributed by atoms with E-state index >= 15 is 0 Å². The molecule has 176 valence electrons. The van der Waals surface area contributed by atoms with Gasteiger partial charge in [0.1, 0.15) is 6.17 Å². The van der Waals surface area contributed by atoms with Crippen LogP contribution >= 0.6 is 0 Å². The first-order valence-corrected chi connectivity index (χ1v) is 12.2. The first kappa shape index (κ1) is 28.8. The fraction of sp³-hybridized carbons (Fsp3) is 1.00. The van der Waals surface area contributed by atoms with Gasteiger partial charge in [-0.3, -0.25) is 0 Å². The lowest BCUT2D eigenvalue weighted by Gasteiger charge is -2.26. The van der Waals surface area contributed by atoms with Crippen LogP contribution in [0.2, 0.25) is 0 Å². The van der Waals surface area contributed by atoms with Gasteiger partial charge in [0.15, 0.2) is 0 Å². The molecule has 0 aromatic carbocycles. The highest BCUT2D eigenvalue weighted by Gasteiger charge is 2.31. The molecule has 29 heavy (non-hydrogen) atoms. The van der Waals surface area contributed by atoms with Crippen molar-refractivity contribution in [2.45, 2.75) is 125 Å². The van der Waals surface area contributed by atoms with Crippen LogP contribution < -0.4 is 0 Å². The molecule has 0 bridgehead atoms. The first-order chi connectivity index (χ1) is 13.6. The van der Waals surface area contributed by atoms with Crippen LogP contribution in [0.5, 0.6) is 0 Å². The molecule has 4 heteroatoms. The van der Waals surface area contributed by atoms with Crippen LogP contribution in [0.1, 0.15) is 113 Å². The van der Waals surface area contributed by atoms with Crippen molar-refractivity contribution in [1.82, 2.24) is 0 Å². The molecule has 0 spiro atoms. The molecule has 6 atom stereocenters. The van der Waals surface area contributed by atoms with Gasteiger partial charge in [-0.2, -0.15) is 8.78 Å². The third-order valence-corrected chi connectivity index (χ3v) is 6.94. The molecule has 0 aliphatic heterocycles. The maximum Gasteiger partial charge on any atom is 0.355 e. The number of ether oxygens (including phenoxy) is 1. The van der Waals surface area contributed by atoms with Crippen molar-refractivity contribution in [1.29, 1.82) is 0 Å². The summed E-state index contributed by atoms with van der Waals surface area (Å²) in [5.41, 5.74) is 0. The molecule has 1 nitrogen and oxygen atoms in total. The van der Waals surface area contributed by atoms with Crippen molar-refractivity contribution in [3.8, 4) is 0 Å². The van der Waals surface area contributed by atoms with Crippen molar-refractivity contribution in [3.05, 3.63) is 0 Å². The van der Waals surface area contributed by atoms with Crippen molar-refractivity contribution >= 4 is 0 Å². The van der Waals surface area contributed by atoms with Crippen molar-refractivity contribution in [2.24, 2.45) is 29.6 Å². The summed E-state index contributed by atoms with van der Waals surface area (Å²) in [5.74, 6) is 1.55. The summed E-state index contributed by atoms with van der Waals surface area (Å²) in [6, 6.07) is 0. The van der Waals surface area contributed by atoms with Crippen LogP contribution in [0.15, 0.2) is 0 Å². The molecule has 0 heterocycles. The minimum Gasteiger partial charge on any atom is -0.320 e. The standard InChI is InChI=1S/C25H49F3O/c1-8-12-23(21(6)15-14-19(4)9-2)13-11-17-25(27,28)29-18-16-22(7)24(26)20(5)10-3/h19-24H,8-18H2,1-7H3. The largest absolute Gasteiger partial charge is 0.355 e. The lowest BCUT2D eigenvalue weighted by Crippen LogP contribution is -2.26. The SMILES string of the molecule is CCCC(CCCC(F)(F)OCCC(C)C(F)C(C)CC)C(C)CCC(C)CC. The van der Waals surface area contributed by atoms with Gasteiger partial charge in [-0.25, -0.2) is 4.39 Å². The maximum atomic E-state index is 14.1. The third kappa shape index (κ3) is 12.9. The average molecular weight is 423 g/mol. The zero-order valence-electron chi connectivity index (χ0n) is 20.3. The Morgan fingerprint density at radius 1 is 0.759 bits per heavy atom. The van der Waals surface area contributed by atoms with Crippen LogP contribution in [0.4, 0.5) is 13.2 Å². The Balaban J connectivity index is 4.30. The molecule has 0 aromatic heterocycles. The highest BCUT2D eigenvalue weighted by molar-refractivity contribution is 4.71. The molecular formula is C25H49F3O. The van der Waals surface area contributed by atoms with Gasteiger partial charge in [0.2, 0.25) is 0 Å². The van der Waals surface area contributed by atoms with E-state index in [4.69, 9.17) is 4.74 Å². The van der Waals surface area contributed by atoms with E-state index in [9.17, 15) is 13.2 Å². The Labute approximate surface area is 179 Å². The number of halogens is 3. The number of alkyl halides is 3. The van der Waals surface area contributed by atoms with E-state index in [1.807, 2.05) is 13.8 Å². The van der Waals surface area contributed by atoms with Crippen LogP contribution in [0.3, 0.4) is 0 Å². The van der Waals surface area contributed by atoms with Crippen LogP contribution in [0.25, 0.3) is 0 Å². The zero-order valence-corrected chi connectivity index (χ0v) is 20.3. The van der Waals surface area contributed by atoms with E-state index in [0.717, 1.165) is 31.6 Å². The van der Waals surface area contributed by atoms with Gasteiger partial charge in [0.05, 0.1) is 6.61 Å². The van der Waals surface area contributed by atoms with Gasteiger partial charge in [-0.05, 0) is 48.9 Å². The fourth-order valence-electron chi connectivity index (χ4n) is 4.05. The van der Waals surface area contributed by atoms with Crippen LogP contribution in [-0.2, 0) is 4.74 Å². The van der Waals surface area contributed by atoms with Crippen molar-refractivity contribution in [3.63, 3.8) is 0 Å². The lowest BCUT2D eigenvalue weighted by molar-refractivity contribution is -0.244. The van der Waals surface area contributed by atoms with Gasteiger partial charge >= 0.3 is 6.11 Å². The minimum absolute atomic E-state index is 0.0386. The Morgan fingerprint density at radius 2 is 1.41 bits per heavy atom. The van der Waals surface area contributed by atoms with Crippen LogP contribution in [-0.4, -0.2) is 18.9 Å². The van der Waals surface area contributed by atoms with E-state index in [1.165, 1.54) is 19.3 Å². The summed E-state index contributed by atoms with van der Waals surface area (Å²) in [7, 11) is 0. The number of hydrogen-bond donors (Lipinski definition) is 0. The van der Waals surface area contributed by atoms with E-state index in [-0.39, 0.29) is 24.9 Å². The molecule has 0 N–H and O–H groups in total. The molecule has 0 fully saturated rings. The smallest absolute Gasteiger partial charge is 0.320 e. The topological polar surface area (TPSA) is 9.23 Å². The second-order valence-electron chi connectivity index (χ2n) is 9.59. The van der Waals surface area contributed by atoms with Gasteiger partial charge in [0.25, 0.3) is 0 Å². The second kappa shape index (κ2) is 15.5. The van der Waals surface area contributed by atoms with Gasteiger partial charge in [0, 0.05) is 6.42 Å². The minimum atomic E-state index is -3.10. The highest BCUT2D eigenvalue weighted by Crippen LogP contribution is 2.32. The van der Waals surface area contributed by atoms with E-state index < -0.39 is 12.3 Å². The summed E-state index contributed by atoms with van der Waals surface area (Å²) in [6.45, 7) is 14.5. The Bertz CT molecular complexity index is 388. The molecule has 0 aliphatic carbocycles. The average Bonchev–Trinajstić information content (AvgIpc) is 2.69. The van der Waals surface area contributed by atoms with Crippen molar-refractivity contribution < 1.29 is 17.9 Å². The van der Waals surface area contributed by atoms with Crippen LogP contribution in [0, 0.1) is 29.6 Å². The Kier molecular flexibility index (Phi) is 15.4. The lowest BCUT2D eigenvalue weighted by atomic mass is 9.81. The molecule has 0 radical (unpaired) electrons. The summed E-state index contributed by atoms with van der Waals surface area (Å²) in [4.78, 5) is 0. The van der Waals surface area contributed by atoms with Crippen molar-refractivity contribution in [2.75, 3.05) is 6.61 Å². The molecule has 0 amide bonds. The maximum absolute atomic E-state index is 14.1. The summed E-state index contributed by atoms with van der Waals surface area (Å²) < 4.78 is 47.2. The number of rotatable bonds is 18. The quantitative estimate of drug-likeness (QED) is 0.214. The Hall–Kier alpha value is -0.250. The first-order valence-electron chi connectivity index (χ1n) is 12.2. The van der Waals surface area contributed by atoms with E-state index in [1.54, 1.807) is 6.92 Å². The molecular weight excluding hydrogens is 373 g/mol. The molecule has 0 rings (SSSR count). The molecule has 0 aromatic rings. The fourth-order valence-corrected chi connectivity index (χ4v) is 4.05. The number of hydrogen-bond acceptors (Lipinski definition) is 1. The van der Waals surface area contributed by atoms with E-state index in [2.05, 4.69) is 27.7 Å². The Morgan fingerprint density at radius 3 is 1.97 bits per heavy atom. The molecule has 0 saturated carbocycles. The van der Waals surface area contributed by atoms with Gasteiger partial charge in [-0.1, -0.05) is 87.0 Å². The highest BCUT2D eigenvalue weighted by atomic mass is 19.3. The van der Waals surface area contributed by atoms with E-state index in [0.29, 0.717) is 24.7 Å². The molecule has 0 saturated heterocycles. The zero-order chi connectivity index (χ0) is 22.4. The summed E-state index contributed by atoms with van der Waals surface area (Å²) in [5, 5.41) is 0. The third-order valence-electron chi connectivity index (χ3n) is 6.94. The predicted octanol–water partition coefficient (Wildman–Crippen LogP) is 9.06.